The smallest absolute Gasteiger partial charge is 0.366 e. The standard InChI is InChI=1S/C14H14ClF3N4/c1-2-19-13-21-11(14(16,17)18)7-12(22-13)20-8-9-5-3-4-6-10(9)15/h3-7H,2,8H2,1H3,(H2,19,20,21,22). The van der Waals surface area contributed by atoms with E-state index in [2.05, 4.69) is 20.6 Å². The first-order valence-corrected chi connectivity index (χ1v) is 6.95. The maximum Gasteiger partial charge on any atom is 0.433 e. The lowest BCUT2D eigenvalue weighted by atomic mass is 10.2. The molecule has 0 saturated heterocycles. The lowest BCUT2D eigenvalue weighted by molar-refractivity contribution is -0.141. The van der Waals surface area contributed by atoms with Crippen molar-refractivity contribution < 1.29 is 13.2 Å². The predicted molar refractivity (Wildman–Crippen MR) is 80.0 cm³/mol. The molecule has 1 aromatic carbocycles. The Morgan fingerprint density at radius 2 is 1.86 bits per heavy atom. The first-order valence-electron chi connectivity index (χ1n) is 6.57. The summed E-state index contributed by atoms with van der Waals surface area (Å²) < 4.78 is 38.5. The third-order valence-corrected chi connectivity index (χ3v) is 3.14. The Hall–Kier alpha value is -2.02. The Kier molecular flexibility index (Phi) is 5.07. The van der Waals surface area contributed by atoms with Gasteiger partial charge in [-0.05, 0) is 18.6 Å². The first kappa shape index (κ1) is 16.4. The van der Waals surface area contributed by atoms with Gasteiger partial charge in [-0.25, -0.2) is 4.98 Å². The second-order valence-corrected chi connectivity index (χ2v) is 4.84. The fourth-order valence-electron chi connectivity index (χ4n) is 1.75. The fourth-order valence-corrected chi connectivity index (χ4v) is 1.95. The van der Waals surface area contributed by atoms with Crippen molar-refractivity contribution in [1.82, 2.24) is 9.97 Å². The van der Waals surface area contributed by atoms with Gasteiger partial charge in [0.1, 0.15) is 5.82 Å². The van der Waals surface area contributed by atoms with Crippen LogP contribution >= 0.6 is 11.6 Å². The number of anilines is 2. The van der Waals surface area contributed by atoms with Crippen LogP contribution in [0.15, 0.2) is 30.3 Å². The van der Waals surface area contributed by atoms with Crippen molar-refractivity contribution in [3.63, 3.8) is 0 Å². The van der Waals surface area contributed by atoms with E-state index in [0.29, 0.717) is 11.6 Å². The van der Waals surface area contributed by atoms with Gasteiger partial charge in [0.2, 0.25) is 5.95 Å². The largest absolute Gasteiger partial charge is 0.433 e. The average Bonchev–Trinajstić information content (AvgIpc) is 2.46. The van der Waals surface area contributed by atoms with E-state index in [4.69, 9.17) is 11.6 Å². The number of hydrogen-bond donors (Lipinski definition) is 2. The second-order valence-electron chi connectivity index (χ2n) is 4.44. The van der Waals surface area contributed by atoms with Gasteiger partial charge in [0.15, 0.2) is 5.69 Å². The lowest BCUT2D eigenvalue weighted by Gasteiger charge is -2.12. The first-order chi connectivity index (χ1) is 10.4. The van der Waals surface area contributed by atoms with Crippen molar-refractivity contribution in [3.8, 4) is 0 Å². The monoisotopic (exact) mass is 330 g/mol. The van der Waals surface area contributed by atoms with E-state index in [1.807, 2.05) is 0 Å². The number of nitrogens with one attached hydrogen (secondary N) is 2. The Bertz CT molecular complexity index is 646. The van der Waals surface area contributed by atoms with Gasteiger partial charge in [-0.2, -0.15) is 18.2 Å². The summed E-state index contributed by atoms with van der Waals surface area (Å²) in [7, 11) is 0. The average molecular weight is 331 g/mol. The molecule has 0 amide bonds. The normalized spacial score (nSPS) is 11.3. The maximum atomic E-state index is 12.8. The molecule has 0 atom stereocenters. The number of aromatic nitrogens is 2. The molecule has 2 rings (SSSR count). The number of benzene rings is 1. The highest BCUT2D eigenvalue weighted by atomic mass is 35.5. The quantitative estimate of drug-likeness (QED) is 0.863. The third kappa shape index (κ3) is 4.24. The van der Waals surface area contributed by atoms with Gasteiger partial charge in [-0.3, -0.25) is 0 Å². The van der Waals surface area contributed by atoms with Crippen LogP contribution in [0, 0.1) is 0 Å². The SMILES string of the molecule is CCNc1nc(NCc2ccccc2Cl)cc(C(F)(F)F)n1. The third-order valence-electron chi connectivity index (χ3n) is 2.77. The maximum absolute atomic E-state index is 12.8. The summed E-state index contributed by atoms with van der Waals surface area (Å²) in [6.45, 7) is 2.44. The van der Waals surface area contributed by atoms with Gasteiger partial charge in [-0.15, -0.1) is 0 Å². The van der Waals surface area contributed by atoms with E-state index in [9.17, 15) is 13.2 Å². The van der Waals surface area contributed by atoms with Crippen molar-refractivity contribution in [1.29, 1.82) is 0 Å². The molecule has 0 fully saturated rings. The number of halogens is 4. The van der Waals surface area contributed by atoms with E-state index >= 15 is 0 Å². The number of alkyl halides is 3. The summed E-state index contributed by atoms with van der Waals surface area (Å²) >= 11 is 6.01. The van der Waals surface area contributed by atoms with Crippen molar-refractivity contribution in [2.45, 2.75) is 19.6 Å². The van der Waals surface area contributed by atoms with E-state index in [0.717, 1.165) is 11.6 Å². The summed E-state index contributed by atoms with van der Waals surface area (Å²) in [6, 6.07) is 7.95. The van der Waals surface area contributed by atoms with Crippen molar-refractivity contribution in [3.05, 3.63) is 46.6 Å². The van der Waals surface area contributed by atoms with E-state index in [-0.39, 0.29) is 18.3 Å². The van der Waals surface area contributed by atoms with E-state index in [1.165, 1.54) is 0 Å². The zero-order chi connectivity index (χ0) is 16.2. The van der Waals surface area contributed by atoms with Crippen LogP contribution in [0.3, 0.4) is 0 Å². The molecule has 2 aromatic rings. The molecule has 0 unspecified atom stereocenters. The summed E-state index contributed by atoms with van der Waals surface area (Å²) in [5.41, 5.74) is -0.235. The molecule has 0 spiro atoms. The van der Waals surface area contributed by atoms with Crippen molar-refractivity contribution in [2.75, 3.05) is 17.2 Å². The molecule has 8 heteroatoms. The molecule has 4 nitrogen and oxygen atoms in total. The molecule has 0 aliphatic rings. The highest BCUT2D eigenvalue weighted by Crippen LogP contribution is 2.29. The molecule has 0 aliphatic heterocycles. The second kappa shape index (κ2) is 6.83. The van der Waals surface area contributed by atoms with Crippen molar-refractivity contribution >= 4 is 23.4 Å². The molecule has 1 heterocycles. The Labute approximate surface area is 130 Å². The van der Waals surface area contributed by atoms with Crippen LogP contribution in [0.2, 0.25) is 5.02 Å². The Morgan fingerprint density at radius 1 is 1.14 bits per heavy atom. The van der Waals surface area contributed by atoms with Crippen LogP contribution in [0.5, 0.6) is 0 Å². The Balaban J connectivity index is 2.22. The summed E-state index contributed by atoms with van der Waals surface area (Å²) in [5, 5.41) is 6.05. The number of rotatable bonds is 5. The highest BCUT2D eigenvalue weighted by molar-refractivity contribution is 6.31. The topological polar surface area (TPSA) is 49.8 Å². The number of nitrogens with zero attached hydrogens (tertiary/aromatic N) is 2. The van der Waals surface area contributed by atoms with Crippen LogP contribution in [0.25, 0.3) is 0 Å². The molecule has 0 bridgehead atoms. The molecule has 0 radical (unpaired) electrons. The van der Waals surface area contributed by atoms with Gasteiger partial charge in [-0.1, -0.05) is 29.8 Å². The van der Waals surface area contributed by atoms with Crippen LogP contribution < -0.4 is 10.6 Å². The highest BCUT2D eigenvalue weighted by Gasteiger charge is 2.33. The van der Waals surface area contributed by atoms with Crippen LogP contribution in [0.4, 0.5) is 24.9 Å². The van der Waals surface area contributed by atoms with Crippen molar-refractivity contribution in [2.24, 2.45) is 0 Å². The Morgan fingerprint density at radius 3 is 2.50 bits per heavy atom. The minimum atomic E-state index is -4.53. The molecule has 22 heavy (non-hydrogen) atoms. The van der Waals surface area contributed by atoms with Gasteiger partial charge in [0.25, 0.3) is 0 Å². The minimum absolute atomic E-state index is 0.0704. The van der Waals surface area contributed by atoms with Gasteiger partial charge in [0.05, 0.1) is 0 Å². The zero-order valence-electron chi connectivity index (χ0n) is 11.7. The molecule has 0 aliphatic carbocycles. The van der Waals surface area contributed by atoms with E-state index in [1.54, 1.807) is 31.2 Å². The van der Waals surface area contributed by atoms with Crippen LogP contribution in [0.1, 0.15) is 18.2 Å². The summed E-state index contributed by atoms with van der Waals surface area (Å²) in [4.78, 5) is 7.46. The van der Waals surface area contributed by atoms with Gasteiger partial charge >= 0.3 is 6.18 Å². The molecule has 0 saturated carbocycles. The van der Waals surface area contributed by atoms with Gasteiger partial charge in [0, 0.05) is 24.2 Å². The summed E-state index contributed by atoms with van der Waals surface area (Å²) in [5.74, 6) is 0.0113. The zero-order valence-corrected chi connectivity index (χ0v) is 12.5. The fraction of sp³-hybridized carbons (Fsp3) is 0.286. The van der Waals surface area contributed by atoms with Crippen LogP contribution in [-0.2, 0) is 12.7 Å². The molecule has 1 aromatic heterocycles. The molecule has 2 N–H and O–H groups in total. The predicted octanol–water partition coefficient (Wildman–Crippen LogP) is 4.19. The van der Waals surface area contributed by atoms with Crippen LogP contribution in [-0.4, -0.2) is 16.5 Å². The molecular formula is C14H14ClF3N4. The molecular weight excluding hydrogens is 317 g/mol. The molecule has 118 valence electrons. The van der Waals surface area contributed by atoms with E-state index < -0.39 is 11.9 Å². The number of hydrogen-bond acceptors (Lipinski definition) is 4. The lowest BCUT2D eigenvalue weighted by Crippen LogP contribution is -2.14. The summed E-state index contributed by atoms with van der Waals surface area (Å²) in [6.07, 6.45) is -4.53. The minimum Gasteiger partial charge on any atom is -0.366 e. The van der Waals surface area contributed by atoms with Gasteiger partial charge < -0.3 is 10.6 Å².